The number of piperidine rings is 1. The van der Waals surface area contributed by atoms with Crippen molar-refractivity contribution in [3.05, 3.63) is 47.8 Å². The van der Waals surface area contributed by atoms with E-state index in [0.29, 0.717) is 17.6 Å². The second-order valence-electron chi connectivity index (χ2n) is 7.73. The number of aryl methyl sites for hydroxylation is 1. The molecule has 27 heavy (non-hydrogen) atoms. The Bertz CT molecular complexity index is 798. The Balaban J connectivity index is 1.33. The van der Waals surface area contributed by atoms with E-state index in [2.05, 4.69) is 16.5 Å². The average molecular weight is 371 g/mol. The van der Waals surface area contributed by atoms with E-state index in [9.17, 15) is 9.18 Å². The van der Waals surface area contributed by atoms with Crippen LogP contribution in [0.4, 0.5) is 4.39 Å². The summed E-state index contributed by atoms with van der Waals surface area (Å²) in [4.78, 5) is 19.1. The van der Waals surface area contributed by atoms with Crippen LogP contribution in [0.2, 0.25) is 0 Å². The molecule has 1 atom stereocenters. The maximum absolute atomic E-state index is 12.9. The van der Waals surface area contributed by atoms with E-state index in [1.54, 1.807) is 12.1 Å². The van der Waals surface area contributed by atoms with Crippen LogP contribution in [0.5, 0.6) is 5.75 Å². The number of amides is 1. The van der Waals surface area contributed by atoms with E-state index in [-0.39, 0.29) is 18.3 Å². The summed E-state index contributed by atoms with van der Waals surface area (Å²) in [5, 5.41) is 0. The highest BCUT2D eigenvalue weighted by Crippen LogP contribution is 2.40. The Morgan fingerprint density at radius 1 is 1.26 bits per heavy atom. The second kappa shape index (κ2) is 7.71. The van der Waals surface area contributed by atoms with E-state index in [4.69, 9.17) is 4.74 Å². The fraction of sp³-hybridized carbons (Fsp3) is 0.524. The summed E-state index contributed by atoms with van der Waals surface area (Å²) >= 11 is 0. The zero-order valence-corrected chi connectivity index (χ0v) is 15.7. The summed E-state index contributed by atoms with van der Waals surface area (Å²) in [5.41, 5.74) is 1.21. The molecule has 2 aliphatic rings. The second-order valence-corrected chi connectivity index (χ2v) is 7.73. The third-order valence-electron chi connectivity index (χ3n) is 5.52. The maximum Gasteiger partial charge on any atom is 0.260 e. The lowest BCUT2D eigenvalue weighted by molar-refractivity contribution is -0.135. The Labute approximate surface area is 159 Å². The summed E-state index contributed by atoms with van der Waals surface area (Å²) < 4.78 is 20.8. The molecule has 1 unspecified atom stereocenters. The Kier molecular flexibility index (Phi) is 5.14. The van der Waals surface area contributed by atoms with Crippen molar-refractivity contribution in [3.8, 4) is 5.75 Å². The molecule has 144 valence electrons. The number of imidazole rings is 1. The molecular formula is C21H26FN3O2. The number of ether oxygens (including phenoxy) is 1. The van der Waals surface area contributed by atoms with Crippen molar-refractivity contribution in [3.63, 3.8) is 0 Å². The number of benzene rings is 1. The van der Waals surface area contributed by atoms with Gasteiger partial charge < -0.3 is 14.2 Å². The zero-order chi connectivity index (χ0) is 18.8. The molecule has 0 spiro atoms. The van der Waals surface area contributed by atoms with Gasteiger partial charge in [0.15, 0.2) is 6.61 Å². The highest BCUT2D eigenvalue weighted by atomic mass is 19.1. The first kappa shape index (κ1) is 18.0. The molecule has 4 rings (SSSR count). The summed E-state index contributed by atoms with van der Waals surface area (Å²) in [6.45, 7) is 4.57. The summed E-state index contributed by atoms with van der Waals surface area (Å²) in [6.07, 6.45) is 6.60. The molecule has 2 fully saturated rings. The topological polar surface area (TPSA) is 47.4 Å². The lowest BCUT2D eigenvalue weighted by atomic mass is 9.97. The molecule has 1 amide bonds. The number of hydrogen-bond acceptors (Lipinski definition) is 3. The van der Waals surface area contributed by atoms with E-state index < -0.39 is 0 Å². The van der Waals surface area contributed by atoms with Crippen LogP contribution >= 0.6 is 0 Å². The van der Waals surface area contributed by atoms with Crippen LogP contribution in [0.25, 0.3) is 0 Å². The highest BCUT2D eigenvalue weighted by Gasteiger charge is 2.30. The smallest absolute Gasteiger partial charge is 0.260 e. The van der Waals surface area contributed by atoms with Crippen molar-refractivity contribution in [2.24, 2.45) is 5.92 Å². The minimum Gasteiger partial charge on any atom is -0.484 e. The van der Waals surface area contributed by atoms with Gasteiger partial charge in [-0.25, -0.2) is 9.37 Å². The monoisotopic (exact) mass is 371 g/mol. The number of halogens is 1. The van der Waals surface area contributed by atoms with Gasteiger partial charge in [0.05, 0.1) is 0 Å². The Morgan fingerprint density at radius 3 is 2.78 bits per heavy atom. The lowest BCUT2D eigenvalue weighted by Crippen LogP contribution is -2.43. The van der Waals surface area contributed by atoms with Crippen LogP contribution < -0.4 is 4.74 Å². The van der Waals surface area contributed by atoms with Gasteiger partial charge in [-0.15, -0.1) is 0 Å². The fourth-order valence-corrected chi connectivity index (χ4v) is 3.85. The molecular weight excluding hydrogens is 345 g/mol. The predicted molar refractivity (Wildman–Crippen MR) is 100 cm³/mol. The fourth-order valence-electron chi connectivity index (χ4n) is 3.85. The van der Waals surface area contributed by atoms with Crippen LogP contribution in [0, 0.1) is 18.7 Å². The maximum atomic E-state index is 12.9. The van der Waals surface area contributed by atoms with E-state index in [0.717, 1.165) is 32.5 Å². The molecule has 2 heterocycles. The molecule has 1 saturated heterocycles. The number of carbonyl (C=O) groups excluding carboxylic acids is 1. The van der Waals surface area contributed by atoms with Crippen molar-refractivity contribution < 1.29 is 13.9 Å². The van der Waals surface area contributed by atoms with Crippen molar-refractivity contribution >= 4 is 5.91 Å². The van der Waals surface area contributed by atoms with Crippen LogP contribution in [0.15, 0.2) is 30.5 Å². The lowest BCUT2D eigenvalue weighted by Gasteiger charge is -2.33. The molecule has 1 aliphatic heterocycles. The van der Waals surface area contributed by atoms with Gasteiger partial charge in [0.1, 0.15) is 17.4 Å². The zero-order valence-electron chi connectivity index (χ0n) is 15.7. The quantitative estimate of drug-likeness (QED) is 0.780. The molecule has 6 heteroatoms. The number of aromatic nitrogens is 2. The number of likely N-dealkylation sites (tertiary alicyclic amines) is 1. The first-order valence-electron chi connectivity index (χ1n) is 9.78. The van der Waals surface area contributed by atoms with Crippen LogP contribution in [0.1, 0.15) is 43.1 Å². The van der Waals surface area contributed by atoms with E-state index >= 15 is 0 Å². The first-order valence-corrected chi connectivity index (χ1v) is 9.78. The van der Waals surface area contributed by atoms with Crippen molar-refractivity contribution in [1.82, 2.24) is 14.5 Å². The molecule has 0 radical (unpaired) electrons. The molecule has 0 N–H and O–H groups in total. The minimum atomic E-state index is -0.312. The van der Waals surface area contributed by atoms with E-state index in [1.165, 1.54) is 36.5 Å². The minimum absolute atomic E-state index is 0.00419. The molecule has 2 aromatic rings. The van der Waals surface area contributed by atoms with Gasteiger partial charge >= 0.3 is 0 Å². The summed E-state index contributed by atoms with van der Waals surface area (Å²) in [7, 11) is 0. The SMILES string of the molecule is Cc1cnc(C2CC2)n1CC1CCCN(C(=O)COc2ccc(F)cc2)C1. The van der Waals surface area contributed by atoms with Crippen LogP contribution in [-0.2, 0) is 11.3 Å². The molecule has 5 nitrogen and oxygen atoms in total. The largest absolute Gasteiger partial charge is 0.484 e. The third kappa shape index (κ3) is 4.31. The predicted octanol–water partition coefficient (Wildman–Crippen LogP) is 3.53. The normalized spacial score (nSPS) is 19.9. The van der Waals surface area contributed by atoms with Gasteiger partial charge in [-0.2, -0.15) is 0 Å². The van der Waals surface area contributed by atoms with Gasteiger partial charge in [0.25, 0.3) is 5.91 Å². The van der Waals surface area contributed by atoms with Gasteiger partial charge in [-0.05, 0) is 62.8 Å². The van der Waals surface area contributed by atoms with Crippen LogP contribution in [-0.4, -0.2) is 40.1 Å². The van der Waals surface area contributed by atoms with Crippen molar-refractivity contribution in [1.29, 1.82) is 0 Å². The molecule has 1 aliphatic carbocycles. The first-order chi connectivity index (χ1) is 13.1. The molecule has 1 aromatic heterocycles. The summed E-state index contributed by atoms with van der Waals surface area (Å²) in [5.74, 6) is 2.49. The van der Waals surface area contributed by atoms with Gasteiger partial charge in [-0.3, -0.25) is 4.79 Å². The average Bonchev–Trinajstić information content (AvgIpc) is 3.46. The highest BCUT2D eigenvalue weighted by molar-refractivity contribution is 5.77. The Morgan fingerprint density at radius 2 is 2.04 bits per heavy atom. The third-order valence-corrected chi connectivity index (χ3v) is 5.52. The van der Waals surface area contributed by atoms with Gasteiger partial charge in [0.2, 0.25) is 0 Å². The Hall–Kier alpha value is -2.37. The standard InChI is InChI=1S/C21H26FN3O2/c1-15-11-23-21(17-4-5-17)25(15)13-16-3-2-10-24(12-16)20(26)14-27-19-8-6-18(22)7-9-19/h6-9,11,16-17H,2-5,10,12-14H2,1H3. The van der Waals surface area contributed by atoms with Gasteiger partial charge in [0, 0.05) is 37.4 Å². The number of rotatable bonds is 6. The van der Waals surface area contributed by atoms with Gasteiger partial charge in [-0.1, -0.05) is 0 Å². The molecule has 1 saturated carbocycles. The van der Waals surface area contributed by atoms with Crippen molar-refractivity contribution in [2.75, 3.05) is 19.7 Å². The summed E-state index contributed by atoms with van der Waals surface area (Å²) in [6, 6.07) is 5.76. The number of carbonyl (C=O) groups is 1. The molecule has 0 bridgehead atoms. The number of nitrogens with zero attached hydrogens (tertiary/aromatic N) is 3. The van der Waals surface area contributed by atoms with Crippen LogP contribution in [0.3, 0.4) is 0 Å². The van der Waals surface area contributed by atoms with E-state index in [1.807, 2.05) is 11.1 Å². The van der Waals surface area contributed by atoms with Crippen molar-refractivity contribution in [2.45, 2.75) is 45.1 Å². The number of hydrogen-bond donors (Lipinski definition) is 0. The molecule has 1 aromatic carbocycles.